The van der Waals surface area contributed by atoms with Crippen molar-refractivity contribution in [3.63, 3.8) is 0 Å². The molecule has 1 aromatic carbocycles. The largest absolute Gasteiger partial charge is 0.460 e. The van der Waals surface area contributed by atoms with Crippen molar-refractivity contribution in [2.45, 2.75) is 38.3 Å². The molecule has 1 aromatic rings. The molecule has 2 aliphatic heterocycles. The van der Waals surface area contributed by atoms with Gasteiger partial charge in [0.05, 0.1) is 29.6 Å². The maximum atomic E-state index is 14.6. The quantitative estimate of drug-likeness (QED) is 0.440. The summed E-state index contributed by atoms with van der Waals surface area (Å²) in [6.07, 6.45) is -0.0209. The van der Waals surface area contributed by atoms with Crippen molar-refractivity contribution in [1.29, 1.82) is 0 Å². The number of hydrogen-bond acceptors (Lipinski definition) is 7. The van der Waals surface area contributed by atoms with Gasteiger partial charge in [0.15, 0.2) is 0 Å². The number of carbonyl (C=O) groups excluding carboxylic acids is 1. The number of esters is 1. The zero-order valence-corrected chi connectivity index (χ0v) is 16.2. The van der Waals surface area contributed by atoms with Gasteiger partial charge in [-0.3, -0.25) is 19.9 Å². The van der Waals surface area contributed by atoms with Crippen LogP contribution in [0.2, 0.25) is 0 Å². The molecule has 0 spiro atoms. The molecule has 3 rings (SSSR count). The van der Waals surface area contributed by atoms with Crippen LogP contribution in [0.25, 0.3) is 0 Å². The molecule has 0 aromatic heterocycles. The monoisotopic (exact) mass is 396 g/mol. The first kappa shape index (κ1) is 19.8. The number of halogens is 1. The van der Waals surface area contributed by atoms with Crippen LogP contribution in [0.1, 0.15) is 32.8 Å². The highest BCUT2D eigenvalue weighted by Crippen LogP contribution is 2.46. The number of nitro groups is 1. The highest BCUT2D eigenvalue weighted by molar-refractivity contribution is 8.14. The van der Waals surface area contributed by atoms with Gasteiger partial charge in [-0.05, 0) is 26.8 Å². The lowest BCUT2D eigenvalue weighted by Crippen LogP contribution is -2.39. The normalized spacial score (nSPS) is 24.9. The van der Waals surface area contributed by atoms with E-state index in [2.05, 4.69) is 4.99 Å². The van der Waals surface area contributed by atoms with Crippen LogP contribution in [0.5, 0.6) is 0 Å². The molecular weight excluding hydrogens is 375 g/mol. The minimum Gasteiger partial charge on any atom is -0.460 e. The van der Waals surface area contributed by atoms with Crippen molar-refractivity contribution in [3.05, 3.63) is 39.7 Å². The number of non-ortho nitro benzene ring substituents is 1. The fourth-order valence-corrected chi connectivity index (χ4v) is 4.49. The van der Waals surface area contributed by atoms with E-state index in [-0.39, 0.29) is 30.2 Å². The number of rotatable bonds is 4. The average molecular weight is 396 g/mol. The van der Waals surface area contributed by atoms with Crippen LogP contribution in [-0.2, 0) is 19.8 Å². The minimum absolute atomic E-state index is 0.0209. The molecule has 2 heterocycles. The Labute approximate surface area is 160 Å². The van der Waals surface area contributed by atoms with Crippen LogP contribution >= 0.6 is 11.8 Å². The molecule has 0 saturated carbocycles. The molecule has 2 atom stereocenters. The predicted molar refractivity (Wildman–Crippen MR) is 99.4 cm³/mol. The van der Waals surface area contributed by atoms with Crippen molar-refractivity contribution in [1.82, 2.24) is 0 Å². The van der Waals surface area contributed by atoms with Gasteiger partial charge < -0.3 is 9.47 Å². The van der Waals surface area contributed by atoms with E-state index in [0.717, 1.165) is 12.1 Å². The summed E-state index contributed by atoms with van der Waals surface area (Å²) in [7, 11) is 0. The highest BCUT2D eigenvalue weighted by atomic mass is 32.2. The molecule has 7 nitrogen and oxygen atoms in total. The number of fused-ring (bicyclic) bond motifs is 1. The minimum atomic E-state index is -1.06. The topological polar surface area (TPSA) is 91.0 Å². The lowest BCUT2D eigenvalue weighted by atomic mass is 9.81. The molecule has 0 aliphatic carbocycles. The second kappa shape index (κ2) is 7.20. The van der Waals surface area contributed by atoms with Gasteiger partial charge in [-0.2, -0.15) is 0 Å². The van der Waals surface area contributed by atoms with Crippen LogP contribution in [0.3, 0.4) is 0 Å². The first-order valence-electron chi connectivity index (χ1n) is 8.56. The lowest BCUT2D eigenvalue weighted by Gasteiger charge is -2.35. The van der Waals surface area contributed by atoms with Gasteiger partial charge in [-0.25, -0.2) is 4.39 Å². The number of hydrogen-bond donors (Lipinski definition) is 0. The summed E-state index contributed by atoms with van der Waals surface area (Å²) in [5.41, 5.74) is -1.73. The smallest absolute Gasteiger partial charge is 0.312 e. The predicted octanol–water partition coefficient (Wildman–Crippen LogP) is 3.45. The molecule has 9 heteroatoms. The Morgan fingerprint density at radius 3 is 2.93 bits per heavy atom. The molecule has 146 valence electrons. The second-order valence-corrected chi connectivity index (χ2v) is 8.73. The van der Waals surface area contributed by atoms with Gasteiger partial charge >= 0.3 is 5.97 Å². The number of benzene rings is 1. The van der Waals surface area contributed by atoms with Crippen molar-refractivity contribution in [2.24, 2.45) is 10.9 Å². The average Bonchev–Trinajstić information content (AvgIpc) is 2.97. The molecule has 0 bridgehead atoms. The van der Waals surface area contributed by atoms with Crippen LogP contribution in [-0.4, -0.2) is 40.5 Å². The van der Waals surface area contributed by atoms with E-state index in [1.165, 1.54) is 17.8 Å². The number of nitro benzene ring substituents is 1. The molecule has 27 heavy (non-hydrogen) atoms. The molecule has 0 N–H and O–H groups in total. The fraction of sp³-hybridized carbons (Fsp3) is 0.556. The number of ether oxygens (including phenoxy) is 2. The lowest BCUT2D eigenvalue weighted by molar-refractivity contribution is -0.385. The van der Waals surface area contributed by atoms with Crippen molar-refractivity contribution in [3.8, 4) is 0 Å². The molecule has 1 saturated heterocycles. The Morgan fingerprint density at radius 1 is 1.52 bits per heavy atom. The maximum Gasteiger partial charge on any atom is 0.312 e. The van der Waals surface area contributed by atoms with Crippen LogP contribution in [0, 0.1) is 21.8 Å². The molecule has 0 amide bonds. The van der Waals surface area contributed by atoms with E-state index >= 15 is 0 Å². The van der Waals surface area contributed by atoms with E-state index in [4.69, 9.17) is 9.47 Å². The van der Waals surface area contributed by atoms with Gasteiger partial charge in [0, 0.05) is 29.4 Å². The summed E-state index contributed by atoms with van der Waals surface area (Å²) in [4.78, 5) is 27.4. The number of nitrogens with zero attached hydrogens (tertiary/aromatic N) is 2. The summed E-state index contributed by atoms with van der Waals surface area (Å²) < 4.78 is 25.5. The maximum absolute atomic E-state index is 14.6. The van der Waals surface area contributed by atoms with E-state index < -0.39 is 27.8 Å². The first-order valence-corrected chi connectivity index (χ1v) is 9.55. The Hall–Kier alpha value is -2.00. The molecular formula is C18H21FN2O5S. The SMILES string of the molecule is CC(C)(C)OC(=O)CC1=N[C@@]2(c3cc([N+](=O)[O-])ccc3F)COC[C@H]2CS1. The highest BCUT2D eigenvalue weighted by Gasteiger charge is 2.50. The Balaban J connectivity index is 1.97. The van der Waals surface area contributed by atoms with Crippen LogP contribution < -0.4 is 0 Å². The summed E-state index contributed by atoms with van der Waals surface area (Å²) in [5, 5.41) is 11.7. The van der Waals surface area contributed by atoms with E-state index in [1.807, 2.05) is 0 Å². The molecule has 2 aliphatic rings. The third kappa shape index (κ3) is 4.14. The third-order valence-electron chi connectivity index (χ3n) is 4.43. The molecule has 1 fully saturated rings. The van der Waals surface area contributed by atoms with Gasteiger partial charge in [0.2, 0.25) is 0 Å². The van der Waals surface area contributed by atoms with Crippen molar-refractivity contribution < 1.29 is 23.6 Å². The van der Waals surface area contributed by atoms with Crippen molar-refractivity contribution >= 4 is 28.5 Å². The fourth-order valence-electron chi connectivity index (χ4n) is 3.28. The van der Waals surface area contributed by atoms with E-state index in [9.17, 15) is 19.3 Å². The summed E-state index contributed by atoms with van der Waals surface area (Å²) in [5.74, 6) is -0.519. The van der Waals surface area contributed by atoms with Gasteiger partial charge in [0.25, 0.3) is 5.69 Å². The van der Waals surface area contributed by atoms with Crippen LogP contribution in [0.4, 0.5) is 10.1 Å². The summed E-state index contributed by atoms with van der Waals surface area (Å²) >= 11 is 1.42. The Kier molecular flexibility index (Phi) is 5.27. The second-order valence-electron chi connectivity index (χ2n) is 7.64. The van der Waals surface area contributed by atoms with Gasteiger partial charge in [-0.15, -0.1) is 11.8 Å². The number of carbonyl (C=O) groups is 1. The number of thioether (sulfide) groups is 1. The van der Waals surface area contributed by atoms with Crippen LogP contribution in [0.15, 0.2) is 23.2 Å². The third-order valence-corrected chi connectivity index (χ3v) is 5.57. The zero-order valence-electron chi connectivity index (χ0n) is 15.4. The van der Waals surface area contributed by atoms with E-state index in [1.54, 1.807) is 20.8 Å². The Morgan fingerprint density at radius 2 is 2.26 bits per heavy atom. The first-order chi connectivity index (χ1) is 12.6. The van der Waals surface area contributed by atoms with Gasteiger partial charge in [-0.1, -0.05) is 0 Å². The summed E-state index contributed by atoms with van der Waals surface area (Å²) in [6.45, 7) is 5.84. The Bertz CT molecular complexity index is 807. The summed E-state index contributed by atoms with van der Waals surface area (Å²) in [6, 6.07) is 3.44. The molecule has 0 radical (unpaired) electrons. The van der Waals surface area contributed by atoms with Crippen molar-refractivity contribution in [2.75, 3.05) is 19.0 Å². The number of aliphatic imine (C=N–C) groups is 1. The zero-order chi connectivity index (χ0) is 19.8. The molecule has 0 unspecified atom stereocenters. The van der Waals surface area contributed by atoms with Gasteiger partial charge in [0.1, 0.15) is 17.0 Å². The van der Waals surface area contributed by atoms with E-state index in [0.29, 0.717) is 17.4 Å². The standard InChI is InChI=1S/C18H21FN2O5S/c1-17(2,3)26-16(22)7-15-20-18(10-25-8-11(18)9-27-15)13-6-12(21(23)24)4-5-14(13)19/h4-6,11H,7-10H2,1-3H3/t11-,18-/m0/s1.